The molecule has 18 heavy (non-hydrogen) atoms. The van der Waals surface area contributed by atoms with Gasteiger partial charge in [0.2, 0.25) is 0 Å². The van der Waals surface area contributed by atoms with Crippen molar-refractivity contribution in [3.63, 3.8) is 0 Å². The van der Waals surface area contributed by atoms with Gasteiger partial charge in [0.1, 0.15) is 10.8 Å². The van der Waals surface area contributed by atoms with E-state index >= 15 is 0 Å². The van der Waals surface area contributed by atoms with Gasteiger partial charge in [0.25, 0.3) is 0 Å². The number of benzene rings is 1. The number of hydrogen-bond acceptors (Lipinski definition) is 4. The van der Waals surface area contributed by atoms with E-state index in [0.29, 0.717) is 10.8 Å². The molecule has 0 unspecified atom stereocenters. The Kier molecular flexibility index (Phi) is 4.17. The van der Waals surface area contributed by atoms with Crippen LogP contribution in [0.15, 0.2) is 47.5 Å². The lowest BCUT2D eigenvalue weighted by molar-refractivity contribution is 1.29. The molecule has 0 bridgehead atoms. The fourth-order valence-electron chi connectivity index (χ4n) is 1.51. The van der Waals surface area contributed by atoms with E-state index in [-0.39, 0.29) is 0 Å². The molecule has 0 radical (unpaired) electrons. The van der Waals surface area contributed by atoms with E-state index in [4.69, 9.17) is 18.0 Å². The second-order valence-corrected chi connectivity index (χ2v) is 4.94. The summed E-state index contributed by atoms with van der Waals surface area (Å²) in [5, 5.41) is 3.22. The highest BCUT2D eigenvalue weighted by molar-refractivity contribution is 7.98. The van der Waals surface area contributed by atoms with E-state index in [1.54, 1.807) is 18.0 Å². The van der Waals surface area contributed by atoms with Gasteiger partial charge in [-0.25, -0.2) is 4.98 Å². The minimum absolute atomic E-state index is 0.339. The van der Waals surface area contributed by atoms with Gasteiger partial charge in [0, 0.05) is 16.8 Å². The van der Waals surface area contributed by atoms with E-state index in [2.05, 4.69) is 22.4 Å². The summed E-state index contributed by atoms with van der Waals surface area (Å²) in [6.07, 6.45) is 3.76. The van der Waals surface area contributed by atoms with Crippen LogP contribution in [0.25, 0.3) is 0 Å². The van der Waals surface area contributed by atoms with Crippen molar-refractivity contribution in [2.45, 2.75) is 4.90 Å². The van der Waals surface area contributed by atoms with Crippen molar-refractivity contribution in [3.05, 3.63) is 48.2 Å². The minimum Gasteiger partial charge on any atom is -0.389 e. The summed E-state index contributed by atoms with van der Waals surface area (Å²) in [6, 6.07) is 11.8. The molecule has 0 atom stereocenters. The quantitative estimate of drug-likeness (QED) is 0.663. The Labute approximate surface area is 116 Å². The van der Waals surface area contributed by atoms with Gasteiger partial charge in [-0.15, -0.1) is 11.8 Å². The number of nitrogens with two attached hydrogens (primary N) is 1. The SMILES string of the molecule is CSc1ccc(Nc2ncccc2C(N)=S)cc1. The second-order valence-electron chi connectivity index (χ2n) is 3.62. The lowest BCUT2D eigenvalue weighted by atomic mass is 10.2. The maximum Gasteiger partial charge on any atom is 0.140 e. The van der Waals surface area contributed by atoms with Crippen LogP contribution < -0.4 is 11.1 Å². The molecule has 3 nitrogen and oxygen atoms in total. The zero-order chi connectivity index (χ0) is 13.0. The lowest BCUT2D eigenvalue weighted by Gasteiger charge is -2.10. The van der Waals surface area contributed by atoms with Crippen molar-refractivity contribution in [1.82, 2.24) is 4.98 Å². The van der Waals surface area contributed by atoms with Crippen LogP contribution in [0.5, 0.6) is 0 Å². The van der Waals surface area contributed by atoms with Gasteiger partial charge < -0.3 is 11.1 Å². The van der Waals surface area contributed by atoms with Crippen LogP contribution in [0, 0.1) is 0 Å². The minimum atomic E-state index is 0.339. The van der Waals surface area contributed by atoms with Crippen molar-refractivity contribution < 1.29 is 0 Å². The Balaban J connectivity index is 2.25. The first-order valence-electron chi connectivity index (χ1n) is 5.36. The van der Waals surface area contributed by atoms with E-state index in [9.17, 15) is 0 Å². The molecular formula is C13H13N3S2. The zero-order valence-electron chi connectivity index (χ0n) is 9.88. The number of pyridine rings is 1. The topological polar surface area (TPSA) is 50.9 Å². The Bertz CT molecular complexity index is 552. The van der Waals surface area contributed by atoms with Gasteiger partial charge in [-0.3, -0.25) is 0 Å². The summed E-state index contributed by atoms with van der Waals surface area (Å²) in [6.45, 7) is 0. The van der Waals surface area contributed by atoms with Gasteiger partial charge in [-0.2, -0.15) is 0 Å². The monoisotopic (exact) mass is 275 g/mol. The Hall–Kier alpha value is -1.59. The molecule has 0 saturated heterocycles. The van der Waals surface area contributed by atoms with Crippen molar-refractivity contribution in [2.24, 2.45) is 5.73 Å². The molecule has 1 aromatic heterocycles. The van der Waals surface area contributed by atoms with Gasteiger partial charge in [0.05, 0.1) is 5.56 Å². The van der Waals surface area contributed by atoms with E-state index in [0.717, 1.165) is 11.3 Å². The highest BCUT2D eigenvalue weighted by atomic mass is 32.2. The van der Waals surface area contributed by atoms with Gasteiger partial charge in [0.15, 0.2) is 0 Å². The van der Waals surface area contributed by atoms with Gasteiger partial charge >= 0.3 is 0 Å². The number of aromatic nitrogens is 1. The van der Waals surface area contributed by atoms with Crippen LogP contribution >= 0.6 is 24.0 Å². The first-order chi connectivity index (χ1) is 8.70. The molecule has 5 heteroatoms. The molecule has 0 aliphatic heterocycles. The number of nitrogens with zero attached hydrogens (tertiary/aromatic N) is 1. The van der Waals surface area contributed by atoms with Gasteiger partial charge in [-0.1, -0.05) is 12.2 Å². The molecule has 1 heterocycles. The predicted molar refractivity (Wildman–Crippen MR) is 81.6 cm³/mol. The van der Waals surface area contributed by atoms with Crippen molar-refractivity contribution in [2.75, 3.05) is 11.6 Å². The lowest BCUT2D eigenvalue weighted by Crippen LogP contribution is -2.12. The number of hydrogen-bond donors (Lipinski definition) is 2. The van der Waals surface area contributed by atoms with E-state index < -0.39 is 0 Å². The van der Waals surface area contributed by atoms with Crippen LogP contribution in [-0.4, -0.2) is 16.2 Å². The average Bonchev–Trinajstić information content (AvgIpc) is 2.40. The Morgan fingerprint density at radius 2 is 2.00 bits per heavy atom. The maximum atomic E-state index is 5.66. The average molecular weight is 275 g/mol. The van der Waals surface area contributed by atoms with Crippen molar-refractivity contribution in [3.8, 4) is 0 Å². The second kappa shape index (κ2) is 5.84. The van der Waals surface area contributed by atoms with Gasteiger partial charge in [-0.05, 0) is 42.7 Å². The largest absolute Gasteiger partial charge is 0.389 e. The molecule has 1 aromatic carbocycles. The smallest absolute Gasteiger partial charge is 0.140 e. The van der Waals surface area contributed by atoms with Crippen LogP contribution in [0.4, 0.5) is 11.5 Å². The van der Waals surface area contributed by atoms with Crippen LogP contribution in [0.2, 0.25) is 0 Å². The van der Waals surface area contributed by atoms with E-state index in [1.807, 2.05) is 30.5 Å². The summed E-state index contributed by atoms with van der Waals surface area (Å²) in [5.41, 5.74) is 7.38. The third-order valence-electron chi connectivity index (χ3n) is 2.43. The number of nitrogens with one attached hydrogen (secondary N) is 1. The van der Waals surface area contributed by atoms with E-state index in [1.165, 1.54) is 4.90 Å². The third kappa shape index (κ3) is 3.00. The van der Waals surface area contributed by atoms with Crippen LogP contribution in [-0.2, 0) is 0 Å². The fourth-order valence-corrected chi connectivity index (χ4v) is 2.09. The highest BCUT2D eigenvalue weighted by Gasteiger charge is 2.05. The molecular weight excluding hydrogens is 262 g/mol. The summed E-state index contributed by atoms with van der Waals surface area (Å²) in [4.78, 5) is 5.81. The molecule has 92 valence electrons. The summed E-state index contributed by atoms with van der Waals surface area (Å²) >= 11 is 6.71. The molecule has 0 saturated carbocycles. The molecule has 0 aliphatic carbocycles. The summed E-state index contributed by atoms with van der Waals surface area (Å²) in [5.74, 6) is 0.682. The first-order valence-corrected chi connectivity index (χ1v) is 7.00. The molecule has 2 rings (SSSR count). The maximum absolute atomic E-state index is 5.66. The van der Waals surface area contributed by atoms with Crippen LogP contribution in [0.1, 0.15) is 5.56 Å². The normalized spacial score (nSPS) is 10.1. The fraction of sp³-hybridized carbons (Fsp3) is 0.0769. The Morgan fingerprint density at radius 1 is 1.28 bits per heavy atom. The molecule has 0 spiro atoms. The molecule has 0 aliphatic rings. The predicted octanol–water partition coefficient (Wildman–Crippen LogP) is 3.18. The molecule has 3 N–H and O–H groups in total. The standard InChI is InChI=1S/C13H13N3S2/c1-18-10-6-4-9(5-7-10)16-13-11(12(14)17)3-2-8-15-13/h2-8H,1H3,(H2,14,17)(H,15,16). The van der Waals surface area contributed by atoms with Crippen molar-refractivity contribution >= 4 is 40.5 Å². The van der Waals surface area contributed by atoms with Crippen molar-refractivity contribution in [1.29, 1.82) is 0 Å². The Morgan fingerprint density at radius 3 is 2.61 bits per heavy atom. The third-order valence-corrected chi connectivity index (χ3v) is 3.39. The molecule has 0 amide bonds. The number of thioether (sulfide) groups is 1. The number of thiocarbonyl (C=S) groups is 1. The number of anilines is 2. The first kappa shape index (κ1) is 12.9. The zero-order valence-corrected chi connectivity index (χ0v) is 11.5. The molecule has 0 fully saturated rings. The highest BCUT2D eigenvalue weighted by Crippen LogP contribution is 2.21. The van der Waals surface area contributed by atoms with Crippen LogP contribution in [0.3, 0.4) is 0 Å². The summed E-state index contributed by atoms with van der Waals surface area (Å²) in [7, 11) is 0. The molecule has 2 aromatic rings. The number of rotatable bonds is 4. The summed E-state index contributed by atoms with van der Waals surface area (Å²) < 4.78 is 0.